The fourth-order valence-electron chi connectivity index (χ4n) is 5.02. The lowest BCUT2D eigenvalue weighted by Gasteiger charge is -2.54. The van der Waals surface area contributed by atoms with Crippen LogP contribution < -0.4 is 0 Å². The molecule has 0 unspecified atom stereocenters. The van der Waals surface area contributed by atoms with Crippen LogP contribution in [0.25, 0.3) is 0 Å². The largest absolute Gasteiger partial charge is 0.241 e. The Balaban J connectivity index is 1.70. The summed E-state index contributed by atoms with van der Waals surface area (Å²) in [5, 5.41) is 8.97. The van der Waals surface area contributed by atoms with Crippen molar-refractivity contribution in [1.29, 1.82) is 5.26 Å². The van der Waals surface area contributed by atoms with Crippen molar-refractivity contribution in [2.45, 2.75) is 38.0 Å². The summed E-state index contributed by atoms with van der Waals surface area (Å²) in [6, 6.07) is 4.06. The molecule has 4 saturated carbocycles. The SMILES string of the molecule is N#Cc1cc(C2C3CC4CC(C3)CC2C4)ncn1. The molecule has 1 aromatic heterocycles. The third-order valence-corrected chi connectivity index (χ3v) is 5.37. The number of nitrogens with zero attached hydrogens (tertiary/aromatic N) is 3. The second-order valence-electron chi connectivity index (χ2n) is 6.40. The summed E-state index contributed by atoms with van der Waals surface area (Å²) in [5.41, 5.74) is 1.66. The average Bonchev–Trinajstić information content (AvgIpc) is 2.38. The minimum atomic E-state index is 0.522. The van der Waals surface area contributed by atoms with E-state index in [-0.39, 0.29) is 0 Å². The smallest absolute Gasteiger partial charge is 0.144 e. The van der Waals surface area contributed by atoms with Gasteiger partial charge in [-0.05, 0) is 61.8 Å². The molecule has 0 N–H and O–H groups in total. The van der Waals surface area contributed by atoms with Crippen molar-refractivity contribution < 1.29 is 0 Å². The van der Waals surface area contributed by atoms with Gasteiger partial charge in [-0.25, -0.2) is 9.97 Å². The molecule has 0 aromatic carbocycles. The predicted molar refractivity (Wildman–Crippen MR) is 66.5 cm³/mol. The molecule has 4 bridgehead atoms. The van der Waals surface area contributed by atoms with Crippen molar-refractivity contribution in [2.75, 3.05) is 0 Å². The first-order valence-electron chi connectivity index (χ1n) is 7.05. The van der Waals surface area contributed by atoms with Crippen LogP contribution in [0.15, 0.2) is 12.4 Å². The first kappa shape index (κ1) is 10.5. The molecule has 0 spiro atoms. The van der Waals surface area contributed by atoms with Gasteiger partial charge in [-0.15, -0.1) is 0 Å². The van der Waals surface area contributed by atoms with Crippen LogP contribution in [0.3, 0.4) is 0 Å². The lowest BCUT2D eigenvalue weighted by molar-refractivity contribution is -0.00420. The van der Waals surface area contributed by atoms with Crippen molar-refractivity contribution in [1.82, 2.24) is 9.97 Å². The molecule has 4 aliphatic carbocycles. The molecule has 3 heteroatoms. The van der Waals surface area contributed by atoms with Gasteiger partial charge in [-0.2, -0.15) is 5.26 Å². The molecule has 1 aromatic rings. The Morgan fingerprint density at radius 2 is 1.67 bits per heavy atom. The van der Waals surface area contributed by atoms with E-state index in [1.807, 2.05) is 6.07 Å². The fraction of sp³-hybridized carbons (Fsp3) is 0.667. The molecule has 3 nitrogen and oxygen atoms in total. The summed E-state index contributed by atoms with van der Waals surface area (Å²) in [6.45, 7) is 0. The van der Waals surface area contributed by atoms with E-state index >= 15 is 0 Å². The third-order valence-electron chi connectivity index (χ3n) is 5.37. The average molecular weight is 239 g/mol. The van der Waals surface area contributed by atoms with Crippen LogP contribution >= 0.6 is 0 Å². The van der Waals surface area contributed by atoms with Gasteiger partial charge >= 0.3 is 0 Å². The second kappa shape index (κ2) is 3.78. The summed E-state index contributed by atoms with van der Waals surface area (Å²) in [4.78, 5) is 8.47. The van der Waals surface area contributed by atoms with Gasteiger partial charge in [0.15, 0.2) is 0 Å². The molecule has 5 rings (SSSR count). The Bertz CT molecular complexity index is 489. The van der Waals surface area contributed by atoms with Crippen LogP contribution in [-0.2, 0) is 0 Å². The molecule has 18 heavy (non-hydrogen) atoms. The zero-order valence-corrected chi connectivity index (χ0v) is 10.4. The summed E-state index contributed by atoms with van der Waals surface area (Å²) < 4.78 is 0. The first-order valence-corrected chi connectivity index (χ1v) is 7.05. The monoisotopic (exact) mass is 239 g/mol. The number of rotatable bonds is 1. The third kappa shape index (κ3) is 1.48. The zero-order valence-electron chi connectivity index (χ0n) is 10.4. The van der Waals surface area contributed by atoms with Gasteiger partial charge in [0.25, 0.3) is 0 Å². The minimum Gasteiger partial charge on any atom is -0.241 e. The quantitative estimate of drug-likeness (QED) is 0.757. The highest BCUT2D eigenvalue weighted by molar-refractivity contribution is 5.25. The molecule has 0 saturated heterocycles. The van der Waals surface area contributed by atoms with E-state index in [1.54, 1.807) is 6.33 Å². The summed E-state index contributed by atoms with van der Waals surface area (Å²) in [5.74, 6) is 4.22. The lowest BCUT2D eigenvalue weighted by Crippen LogP contribution is -2.44. The van der Waals surface area contributed by atoms with Gasteiger partial charge in [0.1, 0.15) is 18.1 Å². The summed E-state index contributed by atoms with van der Waals surface area (Å²) >= 11 is 0. The topological polar surface area (TPSA) is 49.6 Å². The normalized spacial score (nSPS) is 40.7. The van der Waals surface area contributed by atoms with Gasteiger partial charge in [0.2, 0.25) is 0 Å². The van der Waals surface area contributed by atoms with Crippen molar-refractivity contribution in [2.24, 2.45) is 23.7 Å². The Hall–Kier alpha value is -1.43. The molecule has 0 atom stereocenters. The number of hydrogen-bond donors (Lipinski definition) is 0. The molecule has 4 fully saturated rings. The Kier molecular flexibility index (Phi) is 2.20. The molecule has 1 heterocycles. The van der Waals surface area contributed by atoms with Crippen LogP contribution in [0, 0.1) is 35.0 Å². The number of hydrogen-bond acceptors (Lipinski definition) is 3. The first-order chi connectivity index (χ1) is 8.83. The second-order valence-corrected chi connectivity index (χ2v) is 6.40. The van der Waals surface area contributed by atoms with Crippen molar-refractivity contribution in [3.8, 4) is 6.07 Å². The highest BCUT2D eigenvalue weighted by Crippen LogP contribution is 2.59. The van der Waals surface area contributed by atoms with E-state index in [2.05, 4.69) is 16.0 Å². The van der Waals surface area contributed by atoms with E-state index in [0.717, 1.165) is 29.4 Å². The maximum atomic E-state index is 8.97. The van der Waals surface area contributed by atoms with E-state index in [1.165, 1.54) is 32.1 Å². The number of aromatic nitrogens is 2. The van der Waals surface area contributed by atoms with Crippen LogP contribution in [-0.4, -0.2) is 9.97 Å². The zero-order chi connectivity index (χ0) is 12.1. The van der Waals surface area contributed by atoms with E-state index in [4.69, 9.17) is 5.26 Å². The predicted octanol–water partition coefficient (Wildman–Crippen LogP) is 2.89. The van der Waals surface area contributed by atoms with Gasteiger partial charge in [-0.3, -0.25) is 0 Å². The standard InChI is InChI=1S/C15H17N3/c16-7-13-6-14(18-8-17-13)15-11-2-9-1-10(4-11)5-12(15)3-9/h6,8-12,15H,1-5H2. The Labute approximate surface area is 107 Å². The van der Waals surface area contributed by atoms with Gasteiger partial charge < -0.3 is 0 Å². The molecule has 92 valence electrons. The molecular weight excluding hydrogens is 222 g/mol. The highest BCUT2D eigenvalue weighted by Gasteiger charge is 2.49. The Morgan fingerprint density at radius 1 is 1.00 bits per heavy atom. The van der Waals surface area contributed by atoms with Crippen LogP contribution in [0.2, 0.25) is 0 Å². The lowest BCUT2D eigenvalue weighted by atomic mass is 9.51. The summed E-state index contributed by atoms with van der Waals surface area (Å²) in [7, 11) is 0. The molecule has 0 radical (unpaired) electrons. The molecule has 4 aliphatic rings. The van der Waals surface area contributed by atoms with Crippen LogP contribution in [0.1, 0.15) is 49.4 Å². The van der Waals surface area contributed by atoms with Gasteiger partial charge in [-0.1, -0.05) is 0 Å². The maximum absolute atomic E-state index is 8.97. The molecule has 0 aliphatic heterocycles. The Morgan fingerprint density at radius 3 is 2.28 bits per heavy atom. The van der Waals surface area contributed by atoms with Crippen LogP contribution in [0.4, 0.5) is 0 Å². The molecular formula is C15H17N3. The van der Waals surface area contributed by atoms with E-state index in [0.29, 0.717) is 11.6 Å². The van der Waals surface area contributed by atoms with Gasteiger partial charge in [0.05, 0.1) is 0 Å². The van der Waals surface area contributed by atoms with E-state index < -0.39 is 0 Å². The number of nitriles is 1. The summed E-state index contributed by atoms with van der Waals surface area (Å²) in [6.07, 6.45) is 8.62. The van der Waals surface area contributed by atoms with Crippen molar-refractivity contribution in [3.63, 3.8) is 0 Å². The van der Waals surface area contributed by atoms with Crippen LogP contribution in [0.5, 0.6) is 0 Å². The minimum absolute atomic E-state index is 0.522. The van der Waals surface area contributed by atoms with Crippen molar-refractivity contribution >= 4 is 0 Å². The van der Waals surface area contributed by atoms with Gasteiger partial charge in [0, 0.05) is 11.6 Å². The van der Waals surface area contributed by atoms with E-state index in [9.17, 15) is 0 Å². The maximum Gasteiger partial charge on any atom is 0.144 e. The highest BCUT2D eigenvalue weighted by atomic mass is 14.8. The fourth-order valence-corrected chi connectivity index (χ4v) is 5.02. The molecule has 0 amide bonds. The van der Waals surface area contributed by atoms with Crippen molar-refractivity contribution in [3.05, 3.63) is 23.8 Å².